The summed E-state index contributed by atoms with van der Waals surface area (Å²) in [5.74, 6) is 0.531. The van der Waals surface area contributed by atoms with Gasteiger partial charge in [0.25, 0.3) is 0 Å². The molecule has 1 aliphatic heterocycles. The zero-order valence-electron chi connectivity index (χ0n) is 13.2. The zero-order valence-corrected chi connectivity index (χ0v) is 13.2. The van der Waals surface area contributed by atoms with Crippen LogP contribution in [-0.2, 0) is 9.53 Å². The Bertz CT molecular complexity index is 545. The van der Waals surface area contributed by atoms with Crippen molar-refractivity contribution in [3.8, 4) is 5.75 Å². The van der Waals surface area contributed by atoms with Crippen LogP contribution in [0.3, 0.4) is 0 Å². The number of hydrogen-bond donors (Lipinski definition) is 1. The number of amides is 2. The summed E-state index contributed by atoms with van der Waals surface area (Å²) >= 11 is 0. The maximum absolute atomic E-state index is 12.0. The molecular weight excluding hydrogens is 284 g/mol. The Balaban J connectivity index is 1.86. The van der Waals surface area contributed by atoms with Crippen molar-refractivity contribution >= 4 is 17.7 Å². The van der Waals surface area contributed by atoms with Crippen molar-refractivity contribution in [3.05, 3.63) is 24.3 Å². The lowest BCUT2D eigenvalue weighted by molar-refractivity contribution is -0.116. The van der Waals surface area contributed by atoms with E-state index in [1.54, 1.807) is 13.1 Å². The highest BCUT2D eigenvalue weighted by Crippen LogP contribution is 2.25. The SMILES string of the molecule is CC(C)Oc1ccccc1NC(=O)CCC1CN(C)C(=O)O1. The van der Waals surface area contributed by atoms with Crippen molar-refractivity contribution in [1.82, 2.24) is 4.90 Å². The summed E-state index contributed by atoms with van der Waals surface area (Å²) in [6.07, 6.45) is 0.287. The Morgan fingerprint density at radius 1 is 1.45 bits per heavy atom. The number of para-hydroxylation sites is 2. The van der Waals surface area contributed by atoms with Gasteiger partial charge in [0.1, 0.15) is 11.9 Å². The Hall–Kier alpha value is -2.24. The largest absolute Gasteiger partial charge is 0.489 e. The molecule has 1 aromatic rings. The fraction of sp³-hybridized carbons (Fsp3) is 0.500. The van der Waals surface area contributed by atoms with Crippen LogP contribution in [0.15, 0.2) is 24.3 Å². The van der Waals surface area contributed by atoms with Crippen LogP contribution in [0.2, 0.25) is 0 Å². The number of rotatable bonds is 6. The van der Waals surface area contributed by atoms with Gasteiger partial charge in [0, 0.05) is 13.5 Å². The summed E-state index contributed by atoms with van der Waals surface area (Å²) < 4.78 is 10.8. The second-order valence-electron chi connectivity index (χ2n) is 5.64. The van der Waals surface area contributed by atoms with E-state index in [4.69, 9.17) is 9.47 Å². The Morgan fingerprint density at radius 2 is 2.18 bits per heavy atom. The van der Waals surface area contributed by atoms with E-state index in [1.807, 2.05) is 32.0 Å². The third-order valence-electron chi connectivity index (χ3n) is 3.27. The first-order valence-corrected chi connectivity index (χ1v) is 7.43. The summed E-state index contributed by atoms with van der Waals surface area (Å²) in [5, 5.41) is 2.84. The second-order valence-corrected chi connectivity index (χ2v) is 5.64. The Labute approximate surface area is 130 Å². The van der Waals surface area contributed by atoms with Gasteiger partial charge >= 0.3 is 6.09 Å². The molecule has 6 nitrogen and oxygen atoms in total. The number of likely N-dealkylation sites (N-methyl/N-ethyl adjacent to an activating group) is 1. The van der Waals surface area contributed by atoms with Crippen molar-refractivity contribution in [2.75, 3.05) is 18.9 Å². The van der Waals surface area contributed by atoms with Gasteiger partial charge < -0.3 is 19.7 Å². The first-order chi connectivity index (χ1) is 10.5. The van der Waals surface area contributed by atoms with Gasteiger partial charge in [-0.3, -0.25) is 4.79 Å². The summed E-state index contributed by atoms with van der Waals surface area (Å²) in [7, 11) is 1.68. The van der Waals surface area contributed by atoms with E-state index in [9.17, 15) is 9.59 Å². The van der Waals surface area contributed by atoms with Crippen molar-refractivity contribution in [2.24, 2.45) is 0 Å². The molecule has 6 heteroatoms. The maximum atomic E-state index is 12.0. The van der Waals surface area contributed by atoms with Crippen LogP contribution in [0.4, 0.5) is 10.5 Å². The van der Waals surface area contributed by atoms with Gasteiger partial charge in [-0.15, -0.1) is 0 Å². The Kier molecular flexibility index (Phi) is 5.25. The number of cyclic esters (lactones) is 1. The summed E-state index contributed by atoms with van der Waals surface area (Å²) in [6.45, 7) is 4.40. The second kappa shape index (κ2) is 7.15. The Morgan fingerprint density at radius 3 is 2.82 bits per heavy atom. The van der Waals surface area contributed by atoms with Gasteiger partial charge in [-0.25, -0.2) is 4.79 Å². The van der Waals surface area contributed by atoms with Gasteiger partial charge in [0.2, 0.25) is 5.91 Å². The minimum atomic E-state index is -0.332. The smallest absolute Gasteiger partial charge is 0.409 e. The van der Waals surface area contributed by atoms with Gasteiger partial charge in [-0.2, -0.15) is 0 Å². The standard InChI is InChI=1S/C16H22N2O4/c1-11(2)21-14-7-5-4-6-13(14)17-15(19)9-8-12-10-18(3)16(20)22-12/h4-7,11-12H,8-10H2,1-3H3,(H,17,19). The number of anilines is 1. The van der Waals surface area contributed by atoms with Crippen LogP contribution in [0, 0.1) is 0 Å². The lowest BCUT2D eigenvalue weighted by atomic mass is 10.2. The molecule has 2 amide bonds. The summed E-state index contributed by atoms with van der Waals surface area (Å²) in [5.41, 5.74) is 0.654. The number of benzene rings is 1. The normalized spacial score (nSPS) is 17.5. The van der Waals surface area contributed by atoms with Crippen LogP contribution >= 0.6 is 0 Å². The highest BCUT2D eigenvalue weighted by atomic mass is 16.6. The first-order valence-electron chi connectivity index (χ1n) is 7.43. The van der Waals surface area contributed by atoms with E-state index >= 15 is 0 Å². The first kappa shape index (κ1) is 16.1. The third-order valence-corrected chi connectivity index (χ3v) is 3.27. The molecule has 1 fully saturated rings. The van der Waals surface area contributed by atoms with Crippen LogP contribution in [-0.4, -0.2) is 42.7 Å². The number of nitrogens with zero attached hydrogens (tertiary/aromatic N) is 1. The van der Waals surface area contributed by atoms with Crippen molar-refractivity contribution in [1.29, 1.82) is 0 Å². The van der Waals surface area contributed by atoms with Gasteiger partial charge in [-0.1, -0.05) is 12.1 Å². The molecule has 0 saturated carbocycles. The lowest BCUT2D eigenvalue weighted by Crippen LogP contribution is -2.20. The maximum Gasteiger partial charge on any atom is 0.409 e. The van der Waals surface area contributed by atoms with E-state index in [-0.39, 0.29) is 24.2 Å². The molecule has 0 radical (unpaired) electrons. The molecule has 1 unspecified atom stereocenters. The van der Waals surface area contributed by atoms with E-state index in [2.05, 4.69) is 5.32 Å². The molecule has 1 atom stereocenters. The van der Waals surface area contributed by atoms with E-state index in [0.717, 1.165) is 0 Å². The van der Waals surface area contributed by atoms with Gasteiger partial charge in [0.05, 0.1) is 18.3 Å². The number of ether oxygens (including phenoxy) is 2. The highest BCUT2D eigenvalue weighted by molar-refractivity contribution is 5.92. The average Bonchev–Trinajstić information content (AvgIpc) is 2.77. The molecule has 0 spiro atoms. The van der Waals surface area contributed by atoms with Crippen LogP contribution < -0.4 is 10.1 Å². The number of nitrogens with one attached hydrogen (secondary N) is 1. The van der Waals surface area contributed by atoms with E-state index < -0.39 is 0 Å². The van der Waals surface area contributed by atoms with E-state index in [0.29, 0.717) is 30.8 Å². The molecule has 120 valence electrons. The predicted molar refractivity (Wildman–Crippen MR) is 83.0 cm³/mol. The molecule has 1 aliphatic rings. The molecular formula is C16H22N2O4. The monoisotopic (exact) mass is 306 g/mol. The fourth-order valence-corrected chi connectivity index (χ4v) is 2.23. The van der Waals surface area contributed by atoms with Crippen molar-refractivity contribution in [2.45, 2.75) is 38.9 Å². The minimum absolute atomic E-state index is 0.0338. The molecule has 22 heavy (non-hydrogen) atoms. The number of hydrogen-bond acceptors (Lipinski definition) is 4. The lowest BCUT2D eigenvalue weighted by Gasteiger charge is -2.15. The third kappa shape index (κ3) is 4.38. The predicted octanol–water partition coefficient (Wildman–Crippen LogP) is 2.64. The minimum Gasteiger partial charge on any atom is -0.489 e. The van der Waals surface area contributed by atoms with Crippen LogP contribution in [0.1, 0.15) is 26.7 Å². The van der Waals surface area contributed by atoms with Gasteiger partial charge in [0.15, 0.2) is 0 Å². The van der Waals surface area contributed by atoms with Crippen molar-refractivity contribution in [3.63, 3.8) is 0 Å². The van der Waals surface area contributed by atoms with Crippen molar-refractivity contribution < 1.29 is 19.1 Å². The quantitative estimate of drug-likeness (QED) is 0.877. The molecule has 1 saturated heterocycles. The zero-order chi connectivity index (χ0) is 16.1. The summed E-state index contributed by atoms with van der Waals surface area (Å²) in [6, 6.07) is 7.33. The topological polar surface area (TPSA) is 67.9 Å². The van der Waals surface area contributed by atoms with Gasteiger partial charge in [-0.05, 0) is 32.4 Å². The van der Waals surface area contributed by atoms with E-state index in [1.165, 1.54) is 4.90 Å². The van der Waals surface area contributed by atoms with Crippen LogP contribution in [0.5, 0.6) is 5.75 Å². The molecule has 1 heterocycles. The fourth-order valence-electron chi connectivity index (χ4n) is 2.23. The molecule has 0 bridgehead atoms. The molecule has 0 aromatic heterocycles. The number of carbonyl (C=O) groups excluding carboxylic acids is 2. The average molecular weight is 306 g/mol. The summed E-state index contributed by atoms with van der Waals surface area (Å²) in [4.78, 5) is 24.8. The molecule has 1 N–H and O–H groups in total. The number of carbonyl (C=O) groups is 2. The molecule has 2 rings (SSSR count). The molecule has 0 aliphatic carbocycles. The molecule has 1 aromatic carbocycles. The highest BCUT2D eigenvalue weighted by Gasteiger charge is 2.28. The van der Waals surface area contributed by atoms with Crippen LogP contribution in [0.25, 0.3) is 0 Å².